The summed E-state index contributed by atoms with van der Waals surface area (Å²) < 4.78 is 17.6. The maximum absolute atomic E-state index is 15.7. The Hall–Kier alpha value is -5.77. The summed E-state index contributed by atoms with van der Waals surface area (Å²) in [5.41, 5.74) is 0.443. The SMILES string of the molecule is C=CCOC(=O)NCCOCCNCC(=O)NC1(C(=O)N(C)[C@H](C(=O)N(C)[C@@H](CC(=O)OC(c2ccccc2)(c2ccc(C3CCCCCCCCCCCCCC3)cc2)c2ccccc2Cl)C(=O)N2CCCCC2)C2CCCCC2)CCCC1. The molecule has 85 heavy (non-hydrogen) atoms. The van der Waals surface area contributed by atoms with Crippen LogP contribution in [0.25, 0.3) is 0 Å². The van der Waals surface area contributed by atoms with E-state index < -0.39 is 47.6 Å². The second-order valence-electron chi connectivity index (χ2n) is 24.4. The number of benzene rings is 3. The Morgan fingerprint density at radius 1 is 0.682 bits per heavy atom. The van der Waals surface area contributed by atoms with E-state index in [1.807, 2.05) is 48.5 Å². The Morgan fingerprint density at radius 2 is 1.24 bits per heavy atom. The van der Waals surface area contributed by atoms with E-state index in [9.17, 15) is 9.59 Å². The molecule has 0 spiro atoms. The molecule has 1 aliphatic heterocycles. The molecule has 15 nitrogen and oxygen atoms in total. The van der Waals surface area contributed by atoms with Gasteiger partial charge in [-0.15, -0.1) is 0 Å². The molecular weight excluding hydrogens is 1090 g/mol. The molecule has 4 aliphatic rings. The van der Waals surface area contributed by atoms with E-state index >= 15 is 19.2 Å². The van der Waals surface area contributed by atoms with Crippen molar-refractivity contribution in [2.45, 2.75) is 203 Å². The number of likely N-dealkylation sites (tertiary alicyclic amines) is 1. The third-order valence-corrected chi connectivity index (χ3v) is 18.7. The summed E-state index contributed by atoms with van der Waals surface area (Å²) in [6, 6.07) is 23.5. The number of amides is 5. The molecular formula is C69H99ClN6O9. The molecule has 466 valence electrons. The molecule has 4 fully saturated rings. The highest BCUT2D eigenvalue weighted by Gasteiger charge is 2.50. The second-order valence-corrected chi connectivity index (χ2v) is 24.8. The fourth-order valence-corrected chi connectivity index (χ4v) is 13.9. The van der Waals surface area contributed by atoms with Crippen molar-refractivity contribution in [3.63, 3.8) is 0 Å². The summed E-state index contributed by atoms with van der Waals surface area (Å²) in [6.45, 7) is 5.70. The van der Waals surface area contributed by atoms with Crippen LogP contribution in [-0.4, -0.2) is 135 Å². The third kappa shape index (κ3) is 19.1. The van der Waals surface area contributed by atoms with Crippen LogP contribution in [0.3, 0.4) is 0 Å². The van der Waals surface area contributed by atoms with Crippen LogP contribution in [0.5, 0.6) is 0 Å². The lowest BCUT2D eigenvalue weighted by Crippen LogP contribution is -2.64. The lowest BCUT2D eigenvalue weighted by molar-refractivity contribution is -0.161. The topological polar surface area (TPSA) is 176 Å². The first kappa shape index (κ1) is 66.8. The van der Waals surface area contributed by atoms with Crippen molar-refractivity contribution in [1.82, 2.24) is 30.7 Å². The molecule has 3 saturated carbocycles. The van der Waals surface area contributed by atoms with Crippen molar-refractivity contribution in [2.75, 3.05) is 66.6 Å². The summed E-state index contributed by atoms with van der Waals surface area (Å²) in [5.74, 6) is -1.98. The quantitative estimate of drug-likeness (QED) is 0.0339. The monoisotopic (exact) mass is 1190 g/mol. The van der Waals surface area contributed by atoms with Crippen LogP contribution in [-0.2, 0) is 43.8 Å². The fourth-order valence-electron chi connectivity index (χ4n) is 13.7. The molecule has 0 aromatic heterocycles. The van der Waals surface area contributed by atoms with Crippen molar-refractivity contribution in [2.24, 2.45) is 5.92 Å². The smallest absolute Gasteiger partial charge is 0.407 e. The molecule has 3 atom stereocenters. The van der Waals surface area contributed by atoms with Gasteiger partial charge in [-0.3, -0.25) is 24.0 Å². The number of nitrogens with zero attached hydrogens (tertiary/aromatic N) is 3. The molecule has 16 heteroatoms. The van der Waals surface area contributed by atoms with E-state index in [1.165, 1.54) is 98.5 Å². The highest BCUT2D eigenvalue weighted by Crippen LogP contribution is 2.45. The van der Waals surface area contributed by atoms with Gasteiger partial charge in [-0.2, -0.15) is 0 Å². The number of rotatable bonds is 24. The van der Waals surface area contributed by atoms with E-state index in [0.29, 0.717) is 72.9 Å². The average Bonchev–Trinajstić information content (AvgIpc) is 1.33. The fraction of sp³-hybridized carbons (Fsp3) is 0.623. The summed E-state index contributed by atoms with van der Waals surface area (Å²) >= 11 is 7.24. The predicted molar refractivity (Wildman–Crippen MR) is 335 cm³/mol. The first-order chi connectivity index (χ1) is 41.4. The number of carbonyl (C=O) groups excluding carboxylic acids is 6. The van der Waals surface area contributed by atoms with Gasteiger partial charge in [-0.25, -0.2) is 4.79 Å². The van der Waals surface area contributed by atoms with Crippen LogP contribution in [0.2, 0.25) is 5.02 Å². The highest BCUT2D eigenvalue weighted by molar-refractivity contribution is 6.31. The number of piperidine rings is 1. The number of likely N-dealkylation sites (N-methyl/N-ethyl adjacent to an activating group) is 2. The number of alkyl carbamates (subject to hydrolysis) is 1. The van der Waals surface area contributed by atoms with Gasteiger partial charge in [0.25, 0.3) is 0 Å². The third-order valence-electron chi connectivity index (χ3n) is 18.4. The van der Waals surface area contributed by atoms with E-state index in [2.05, 4.69) is 46.8 Å². The van der Waals surface area contributed by atoms with Gasteiger partial charge in [0.1, 0.15) is 24.2 Å². The normalized spacial score (nSPS) is 19.1. The number of esters is 1. The summed E-state index contributed by atoms with van der Waals surface area (Å²) in [4.78, 5) is 91.8. The molecule has 1 saturated heterocycles. The molecule has 0 bridgehead atoms. The molecule has 3 aromatic carbocycles. The second kappa shape index (κ2) is 35.1. The summed E-state index contributed by atoms with van der Waals surface area (Å²) in [5, 5.41) is 9.18. The lowest BCUT2D eigenvalue weighted by Gasteiger charge is -2.43. The number of carbonyl (C=O) groups is 6. The number of ether oxygens (including phenoxy) is 3. The zero-order valence-electron chi connectivity index (χ0n) is 51.2. The van der Waals surface area contributed by atoms with Crippen LogP contribution in [0.1, 0.15) is 202 Å². The zero-order valence-corrected chi connectivity index (χ0v) is 52.0. The van der Waals surface area contributed by atoms with Crippen LogP contribution < -0.4 is 16.0 Å². The van der Waals surface area contributed by atoms with Crippen molar-refractivity contribution < 1.29 is 43.0 Å². The molecule has 1 heterocycles. The maximum Gasteiger partial charge on any atom is 0.407 e. The van der Waals surface area contributed by atoms with E-state index in [0.717, 1.165) is 64.2 Å². The Balaban J connectivity index is 1.14. The van der Waals surface area contributed by atoms with Crippen LogP contribution in [0.15, 0.2) is 91.5 Å². The van der Waals surface area contributed by atoms with Gasteiger partial charge in [-0.1, -0.05) is 206 Å². The van der Waals surface area contributed by atoms with Gasteiger partial charge in [-0.05, 0) is 81.3 Å². The number of hydrogen-bond acceptors (Lipinski definition) is 10. The van der Waals surface area contributed by atoms with Gasteiger partial charge in [0.15, 0.2) is 5.60 Å². The Bertz CT molecular complexity index is 2550. The maximum atomic E-state index is 15.7. The van der Waals surface area contributed by atoms with Crippen molar-refractivity contribution in [3.05, 3.63) is 119 Å². The largest absolute Gasteiger partial charge is 0.445 e. The average molecular weight is 1190 g/mol. The first-order valence-corrected chi connectivity index (χ1v) is 32.8. The van der Waals surface area contributed by atoms with Crippen molar-refractivity contribution in [1.29, 1.82) is 0 Å². The molecule has 3 aliphatic carbocycles. The Labute approximate surface area is 512 Å². The molecule has 3 aromatic rings. The van der Waals surface area contributed by atoms with Crippen LogP contribution in [0, 0.1) is 5.92 Å². The van der Waals surface area contributed by atoms with E-state index in [4.69, 9.17) is 25.8 Å². The van der Waals surface area contributed by atoms with Crippen LogP contribution in [0.4, 0.5) is 4.79 Å². The van der Waals surface area contributed by atoms with Crippen LogP contribution >= 0.6 is 11.6 Å². The lowest BCUT2D eigenvalue weighted by atomic mass is 9.78. The minimum absolute atomic E-state index is 0.0633. The molecule has 7 rings (SSSR count). The van der Waals surface area contributed by atoms with Gasteiger partial charge in [0, 0.05) is 62.0 Å². The van der Waals surface area contributed by atoms with E-state index in [1.54, 1.807) is 25.1 Å². The van der Waals surface area contributed by atoms with Gasteiger partial charge >= 0.3 is 12.1 Å². The Kier molecular flexibility index (Phi) is 27.6. The van der Waals surface area contributed by atoms with Gasteiger partial charge in [0.05, 0.1) is 26.2 Å². The Morgan fingerprint density at radius 3 is 1.86 bits per heavy atom. The predicted octanol–water partition coefficient (Wildman–Crippen LogP) is 12.3. The number of nitrogens with one attached hydrogen (secondary N) is 3. The minimum Gasteiger partial charge on any atom is -0.445 e. The number of hydrogen-bond donors (Lipinski definition) is 3. The van der Waals surface area contributed by atoms with Gasteiger partial charge < -0.3 is 44.9 Å². The van der Waals surface area contributed by atoms with Crippen molar-refractivity contribution >= 4 is 47.3 Å². The van der Waals surface area contributed by atoms with Crippen molar-refractivity contribution in [3.8, 4) is 0 Å². The van der Waals surface area contributed by atoms with E-state index in [-0.39, 0.29) is 56.5 Å². The molecule has 0 radical (unpaired) electrons. The highest BCUT2D eigenvalue weighted by atomic mass is 35.5. The van der Waals surface area contributed by atoms with Gasteiger partial charge in [0.2, 0.25) is 23.6 Å². The zero-order chi connectivity index (χ0) is 60.3. The summed E-state index contributed by atoms with van der Waals surface area (Å²) in [7, 11) is 3.26. The number of halogens is 1. The molecule has 3 N–H and O–H groups in total. The minimum atomic E-state index is -1.56. The molecule has 5 amide bonds. The first-order valence-electron chi connectivity index (χ1n) is 32.4. The standard InChI is InChI=1S/C69H99ClN6O9/c1-4-48-84-67(82)72-45-50-83-49-44-71-52-61(77)73-68(42-26-27-43-68)66(81)75(3)63(55-32-20-15-21-33-55)65(80)74(2)60(64(79)76-46-28-17-29-47-76)51-62(78)85-69(56-34-22-16-23-35-56,58-36-24-25-37-59(58)70)57-40-38-54(39-41-57)53-30-18-13-11-9-7-5-6-8-10-12-14-19-31-53/h4,16,22-25,34-41,53,55,60,63,71H,1,5-15,17-21,26-33,42-52H2,2-3H3,(H,72,82)(H,73,77)/t60-,63-,69?/m0/s1. The summed E-state index contributed by atoms with van der Waals surface area (Å²) in [6.07, 6.45) is 27.1. The molecule has 1 unspecified atom stereocenters.